The third-order valence-corrected chi connectivity index (χ3v) is 4.63. The average molecular weight is 401 g/mol. The fraction of sp³-hybridized carbons (Fsp3) is 0.450. The summed E-state index contributed by atoms with van der Waals surface area (Å²) < 4.78 is 16.4. The van der Waals surface area contributed by atoms with Crippen molar-refractivity contribution in [2.75, 3.05) is 42.8 Å². The number of hydrogen-bond donors (Lipinski definition) is 2. The highest BCUT2D eigenvalue weighted by Gasteiger charge is 2.24. The van der Waals surface area contributed by atoms with Crippen molar-refractivity contribution in [2.24, 2.45) is 5.92 Å². The van der Waals surface area contributed by atoms with Crippen LogP contribution in [-0.2, 0) is 16.0 Å². The van der Waals surface area contributed by atoms with Gasteiger partial charge in [0.15, 0.2) is 5.82 Å². The third kappa shape index (κ3) is 5.26. The molecule has 1 fully saturated rings. The highest BCUT2D eigenvalue weighted by atomic mass is 16.6. The fourth-order valence-corrected chi connectivity index (χ4v) is 2.98. The van der Waals surface area contributed by atoms with E-state index >= 15 is 0 Å². The molecule has 0 bridgehead atoms. The van der Waals surface area contributed by atoms with Gasteiger partial charge >= 0.3 is 6.09 Å². The molecule has 2 aromatic heterocycles. The van der Waals surface area contributed by atoms with E-state index in [1.165, 1.54) is 4.90 Å². The lowest BCUT2D eigenvalue weighted by Gasteiger charge is -2.24. The van der Waals surface area contributed by atoms with Crippen LogP contribution in [0.15, 0.2) is 24.4 Å². The van der Waals surface area contributed by atoms with Gasteiger partial charge in [-0.05, 0) is 31.9 Å². The molecule has 0 aliphatic carbocycles. The summed E-state index contributed by atoms with van der Waals surface area (Å²) in [5.74, 6) is 0.699. The van der Waals surface area contributed by atoms with Crippen LogP contribution in [0.25, 0.3) is 0 Å². The summed E-state index contributed by atoms with van der Waals surface area (Å²) in [7, 11) is 0. The lowest BCUT2D eigenvalue weighted by Crippen LogP contribution is -2.32. The van der Waals surface area contributed by atoms with Gasteiger partial charge < -0.3 is 25.7 Å². The van der Waals surface area contributed by atoms with Crippen LogP contribution in [0.1, 0.15) is 24.6 Å². The molecule has 3 rings (SSSR count). The highest BCUT2D eigenvalue weighted by Crippen LogP contribution is 2.33. The summed E-state index contributed by atoms with van der Waals surface area (Å²) in [5, 5.41) is 0. The predicted molar refractivity (Wildman–Crippen MR) is 110 cm³/mol. The van der Waals surface area contributed by atoms with Gasteiger partial charge in [0, 0.05) is 30.5 Å². The Morgan fingerprint density at radius 1 is 1.38 bits per heavy atom. The van der Waals surface area contributed by atoms with Crippen LogP contribution in [0.2, 0.25) is 0 Å². The Labute approximate surface area is 170 Å². The van der Waals surface area contributed by atoms with Crippen molar-refractivity contribution in [3.8, 4) is 5.88 Å². The minimum atomic E-state index is -0.541. The molecule has 3 heterocycles. The maximum absolute atomic E-state index is 12.7. The molecular formula is C20H27N5O4. The number of nitrogen functional groups attached to an aromatic ring is 2. The number of ether oxygens (including phenoxy) is 3. The van der Waals surface area contributed by atoms with Gasteiger partial charge in [-0.2, -0.15) is 4.98 Å². The number of rotatable bonds is 7. The maximum atomic E-state index is 12.7. The molecule has 1 saturated heterocycles. The first-order valence-corrected chi connectivity index (χ1v) is 9.60. The molecule has 156 valence electrons. The maximum Gasteiger partial charge on any atom is 0.414 e. The first-order chi connectivity index (χ1) is 14.0. The number of hydrogen-bond acceptors (Lipinski definition) is 8. The second-order valence-corrected chi connectivity index (χ2v) is 6.91. The monoisotopic (exact) mass is 401 g/mol. The van der Waals surface area contributed by atoms with E-state index in [1.807, 2.05) is 19.1 Å². The van der Waals surface area contributed by atoms with Gasteiger partial charge in [-0.25, -0.2) is 4.79 Å². The summed E-state index contributed by atoms with van der Waals surface area (Å²) >= 11 is 0. The number of carbonyl (C=O) groups is 1. The molecule has 0 spiro atoms. The smallest absolute Gasteiger partial charge is 0.414 e. The van der Waals surface area contributed by atoms with E-state index in [0.717, 1.165) is 24.3 Å². The predicted octanol–water partition coefficient (Wildman–Crippen LogP) is 2.53. The SMILES string of the molecule is CCOC(=O)N(Cc1ccc(C)nc1)c1cc(OCC2CCOC2)nc(N)c1N. The Bertz CT molecular complexity index is 838. The largest absolute Gasteiger partial charge is 0.477 e. The summed E-state index contributed by atoms with van der Waals surface area (Å²) in [6.45, 7) is 5.93. The van der Waals surface area contributed by atoms with Crippen LogP contribution >= 0.6 is 0 Å². The number of amides is 1. The molecule has 9 heteroatoms. The second kappa shape index (κ2) is 9.42. The van der Waals surface area contributed by atoms with Gasteiger partial charge in [-0.3, -0.25) is 9.88 Å². The van der Waals surface area contributed by atoms with Crippen LogP contribution in [-0.4, -0.2) is 42.5 Å². The molecule has 4 N–H and O–H groups in total. The lowest BCUT2D eigenvalue weighted by molar-refractivity contribution is 0.159. The van der Waals surface area contributed by atoms with Gasteiger partial charge in [0.2, 0.25) is 5.88 Å². The van der Waals surface area contributed by atoms with Crippen LogP contribution in [0.4, 0.5) is 22.0 Å². The molecule has 1 aliphatic rings. The van der Waals surface area contributed by atoms with E-state index in [0.29, 0.717) is 30.7 Å². The Morgan fingerprint density at radius 3 is 2.86 bits per heavy atom. The van der Waals surface area contributed by atoms with Crippen LogP contribution < -0.4 is 21.1 Å². The van der Waals surface area contributed by atoms with Crippen molar-refractivity contribution < 1.29 is 19.0 Å². The number of aromatic nitrogens is 2. The Hall–Kier alpha value is -3.07. The zero-order chi connectivity index (χ0) is 20.8. The van der Waals surface area contributed by atoms with Crippen LogP contribution in [0, 0.1) is 12.8 Å². The number of aryl methyl sites for hydroxylation is 1. The molecule has 1 amide bonds. The minimum Gasteiger partial charge on any atom is -0.477 e. The lowest BCUT2D eigenvalue weighted by atomic mass is 10.1. The summed E-state index contributed by atoms with van der Waals surface area (Å²) in [6, 6.07) is 5.38. The third-order valence-electron chi connectivity index (χ3n) is 4.63. The first kappa shape index (κ1) is 20.7. The average Bonchev–Trinajstić information content (AvgIpc) is 3.22. The molecule has 1 atom stereocenters. The van der Waals surface area contributed by atoms with Crippen molar-refractivity contribution in [1.82, 2.24) is 9.97 Å². The molecule has 29 heavy (non-hydrogen) atoms. The van der Waals surface area contributed by atoms with Crippen LogP contribution in [0.3, 0.4) is 0 Å². The molecule has 2 aromatic rings. The topological polar surface area (TPSA) is 126 Å². The van der Waals surface area contributed by atoms with E-state index in [1.54, 1.807) is 19.2 Å². The van der Waals surface area contributed by atoms with E-state index in [2.05, 4.69) is 9.97 Å². The summed E-state index contributed by atoms with van der Waals surface area (Å²) in [4.78, 5) is 22.6. The van der Waals surface area contributed by atoms with E-state index < -0.39 is 6.09 Å². The molecule has 0 aromatic carbocycles. The molecule has 1 unspecified atom stereocenters. The van der Waals surface area contributed by atoms with Gasteiger partial charge in [0.1, 0.15) is 0 Å². The van der Waals surface area contributed by atoms with Crippen molar-refractivity contribution in [1.29, 1.82) is 0 Å². The van der Waals surface area contributed by atoms with Crippen molar-refractivity contribution in [2.45, 2.75) is 26.8 Å². The van der Waals surface area contributed by atoms with Crippen molar-refractivity contribution in [3.63, 3.8) is 0 Å². The zero-order valence-electron chi connectivity index (χ0n) is 16.8. The Kier molecular flexibility index (Phi) is 6.71. The first-order valence-electron chi connectivity index (χ1n) is 9.60. The second-order valence-electron chi connectivity index (χ2n) is 6.91. The number of anilines is 3. The number of nitrogens with zero attached hydrogens (tertiary/aromatic N) is 3. The van der Waals surface area contributed by atoms with Gasteiger partial charge in [0.25, 0.3) is 0 Å². The van der Waals surface area contributed by atoms with E-state index in [-0.39, 0.29) is 24.7 Å². The number of pyridine rings is 2. The highest BCUT2D eigenvalue weighted by molar-refractivity contribution is 5.94. The fourth-order valence-electron chi connectivity index (χ4n) is 2.98. The Morgan fingerprint density at radius 2 is 2.21 bits per heavy atom. The van der Waals surface area contributed by atoms with E-state index in [4.69, 9.17) is 25.7 Å². The summed E-state index contributed by atoms with van der Waals surface area (Å²) in [5.41, 5.74) is 14.4. The molecule has 1 aliphatic heterocycles. The zero-order valence-corrected chi connectivity index (χ0v) is 16.8. The quantitative estimate of drug-likeness (QED) is 0.725. The standard InChI is InChI=1S/C20H27N5O4/c1-3-28-20(26)25(10-14-5-4-13(2)23-9-14)16-8-17(24-19(22)18(16)21)29-12-15-6-7-27-11-15/h4-5,8-9,15H,3,6-7,10-12,21H2,1-2H3,(H2,22,24). The molecule has 9 nitrogen and oxygen atoms in total. The van der Waals surface area contributed by atoms with Crippen molar-refractivity contribution in [3.05, 3.63) is 35.7 Å². The molecule has 0 radical (unpaired) electrons. The summed E-state index contributed by atoms with van der Waals surface area (Å²) in [6.07, 6.45) is 2.10. The normalized spacial score (nSPS) is 15.9. The van der Waals surface area contributed by atoms with E-state index in [9.17, 15) is 4.79 Å². The minimum absolute atomic E-state index is 0.0940. The van der Waals surface area contributed by atoms with Crippen molar-refractivity contribution >= 4 is 23.3 Å². The number of nitrogens with two attached hydrogens (primary N) is 2. The van der Waals surface area contributed by atoms with Gasteiger partial charge in [0.05, 0.1) is 37.7 Å². The molecule has 0 saturated carbocycles. The Balaban J connectivity index is 1.87. The van der Waals surface area contributed by atoms with Gasteiger partial charge in [-0.15, -0.1) is 0 Å². The number of carbonyl (C=O) groups excluding carboxylic acids is 1. The molecular weight excluding hydrogens is 374 g/mol. The van der Waals surface area contributed by atoms with Crippen LogP contribution in [0.5, 0.6) is 5.88 Å². The van der Waals surface area contributed by atoms with Gasteiger partial charge in [-0.1, -0.05) is 6.07 Å².